The Morgan fingerprint density at radius 2 is 0.529 bits per heavy atom. The van der Waals surface area contributed by atoms with E-state index in [0.717, 1.165) is 0 Å². The molecule has 0 amide bonds. The fourth-order valence-electron chi connectivity index (χ4n) is 0. The van der Waals surface area contributed by atoms with E-state index in [4.69, 9.17) is 3.73 Å². The summed E-state index contributed by atoms with van der Waals surface area (Å²) >= 11 is 0.583. The van der Waals surface area contributed by atoms with Crippen molar-refractivity contribution in [3.05, 3.63) is 20.8 Å². The van der Waals surface area contributed by atoms with Crippen LogP contribution in [0.25, 0.3) is 0 Å². The monoisotopic (exact) mass is 411 g/mol. The Hall–Kier alpha value is 0.398. The van der Waals surface area contributed by atoms with Gasteiger partial charge in [-0.25, -0.2) is 0 Å². The first kappa shape index (κ1) is 26.1. The normalized spacial score (nSPS) is 10.7. The summed E-state index contributed by atoms with van der Waals surface area (Å²) in [4.78, 5) is 0. The van der Waals surface area contributed by atoms with Gasteiger partial charge in [0, 0.05) is 0 Å². The third-order valence-electron chi connectivity index (χ3n) is 0. The van der Waals surface area contributed by atoms with Crippen LogP contribution in [0.3, 0.4) is 0 Å². The molecule has 0 aliphatic heterocycles. The predicted octanol–water partition coefficient (Wildman–Crippen LogP) is 5.61. The molecule has 17 heavy (non-hydrogen) atoms. The van der Waals surface area contributed by atoms with Gasteiger partial charge < -0.3 is 20.8 Å². The van der Waals surface area contributed by atoms with Crippen molar-refractivity contribution in [1.29, 1.82) is 3.73 Å². The average molecular weight is 411 g/mol. The molecule has 0 aromatic carbocycles. The topological polar surface area (TPSA) is 23.8 Å². The van der Waals surface area contributed by atoms with Gasteiger partial charge in [0.05, 0.1) is 0 Å². The quantitative estimate of drug-likeness (QED) is 0.476. The van der Waals surface area contributed by atoms with Crippen LogP contribution in [0.2, 0.25) is 0 Å². The van der Waals surface area contributed by atoms with E-state index < -0.39 is 0 Å². The summed E-state index contributed by atoms with van der Waals surface area (Å²) in [6.45, 7) is 30.0. The molecule has 0 aliphatic rings. The second-order valence-electron chi connectivity index (χ2n) is 7.68. The first-order chi connectivity index (χ1) is 7.00. The fraction of sp³-hybridized carbons (Fsp3) is 0.800. The Labute approximate surface area is 122 Å². The van der Waals surface area contributed by atoms with Crippen LogP contribution in [0.1, 0.15) is 62.3 Å². The average Bonchev–Trinajstić information content (AvgIpc) is 1.77. The van der Waals surface area contributed by atoms with Crippen LogP contribution < -0.4 is 0 Å². The molecule has 1 nitrogen and oxygen atoms in total. The molecule has 2 heteroatoms. The third-order valence-corrected chi connectivity index (χ3v) is 0. The van der Waals surface area contributed by atoms with Gasteiger partial charge in [-0.05, 0) is 0 Å². The van der Waals surface area contributed by atoms with Gasteiger partial charge in [0.15, 0.2) is 0 Å². The fourth-order valence-corrected chi connectivity index (χ4v) is 0. The van der Waals surface area contributed by atoms with E-state index in [9.17, 15) is 0 Å². The molecule has 0 saturated heterocycles. The Balaban J connectivity index is -0.0000000693. The van der Waals surface area contributed by atoms with Gasteiger partial charge in [-0.3, -0.25) is 0 Å². The van der Waals surface area contributed by atoms with Crippen LogP contribution in [0, 0.1) is 40.7 Å². The van der Waals surface area contributed by atoms with Crippen LogP contribution in [-0.4, -0.2) is 0 Å². The molecular formula is C15H33NW-3. The van der Waals surface area contributed by atoms with E-state index in [1.807, 2.05) is 0 Å². The van der Waals surface area contributed by atoms with Crippen molar-refractivity contribution in [2.24, 2.45) is 16.2 Å². The van der Waals surface area contributed by atoms with E-state index in [2.05, 4.69) is 83.1 Å². The summed E-state index contributed by atoms with van der Waals surface area (Å²) < 4.78 is 7.08. The Bertz CT molecular complexity index is 116. The summed E-state index contributed by atoms with van der Waals surface area (Å²) in [5.41, 5.74) is 0.750. The second-order valence-corrected chi connectivity index (χ2v) is 7.68. The predicted molar refractivity (Wildman–Crippen MR) is 76.2 cm³/mol. The van der Waals surface area contributed by atoms with E-state index in [-0.39, 0.29) is 16.2 Å². The Morgan fingerprint density at radius 3 is 0.529 bits per heavy atom. The van der Waals surface area contributed by atoms with Crippen molar-refractivity contribution in [3.63, 3.8) is 0 Å². The minimum atomic E-state index is 0.250. The summed E-state index contributed by atoms with van der Waals surface area (Å²) in [5.74, 6) is 0. The van der Waals surface area contributed by atoms with E-state index in [1.54, 1.807) is 0 Å². The first-order valence-corrected chi connectivity index (χ1v) is 7.06. The van der Waals surface area contributed by atoms with Crippen LogP contribution in [0.5, 0.6) is 0 Å². The molecule has 0 heterocycles. The number of rotatable bonds is 0. The molecule has 0 bridgehead atoms. The zero-order chi connectivity index (χ0) is 15.5. The number of hydrogen-bond acceptors (Lipinski definition) is 1. The molecule has 0 aromatic heterocycles. The second kappa shape index (κ2) is 11.5. The summed E-state index contributed by atoms with van der Waals surface area (Å²) in [6.07, 6.45) is 0. The molecule has 0 N–H and O–H groups in total. The maximum atomic E-state index is 7.08. The summed E-state index contributed by atoms with van der Waals surface area (Å²) in [6, 6.07) is 0. The van der Waals surface area contributed by atoms with Crippen LogP contribution in [0.4, 0.5) is 0 Å². The zero-order valence-electron chi connectivity index (χ0n) is 13.5. The molecule has 0 aromatic rings. The number of nitrogens with zero attached hydrogens (tertiary/aromatic N) is 1. The third kappa shape index (κ3) is 21400. The maximum absolute atomic E-state index is 7.08. The van der Waals surface area contributed by atoms with Crippen molar-refractivity contribution in [2.75, 3.05) is 0 Å². The Kier molecular flexibility index (Phi) is 17.6. The van der Waals surface area contributed by atoms with Crippen LogP contribution in [0.15, 0.2) is 0 Å². The van der Waals surface area contributed by atoms with Gasteiger partial charge in [-0.2, -0.15) is 16.2 Å². The Morgan fingerprint density at radius 1 is 0.529 bits per heavy atom. The molecule has 107 valence electrons. The molecule has 0 saturated carbocycles. The van der Waals surface area contributed by atoms with Crippen LogP contribution in [-0.2, 0) is 19.4 Å². The molecule has 0 aliphatic carbocycles. The van der Waals surface area contributed by atoms with Gasteiger partial charge >= 0.3 is 23.2 Å². The van der Waals surface area contributed by atoms with Crippen molar-refractivity contribution < 1.29 is 19.4 Å². The summed E-state index contributed by atoms with van der Waals surface area (Å²) in [5, 5.41) is 0. The molecule has 0 fully saturated rings. The zero-order valence-corrected chi connectivity index (χ0v) is 16.4. The molecule has 0 unspecified atom stereocenters. The molecule has 0 rings (SSSR count). The SMILES string of the molecule is [CH2-]C(C)(C)C.[CH2-]C(C)(C)C.[CH2-]C(C)(C)C.[N]#[W]. The van der Waals surface area contributed by atoms with Gasteiger partial charge in [0.1, 0.15) is 0 Å². The van der Waals surface area contributed by atoms with Crippen molar-refractivity contribution in [3.8, 4) is 0 Å². The van der Waals surface area contributed by atoms with E-state index in [0.29, 0.717) is 19.4 Å². The standard InChI is InChI=1S/3C5H11.N.W/c3*1-5(2,3)4;;/h3*1H2,2-4H3;;/q3*-1;;. The van der Waals surface area contributed by atoms with E-state index >= 15 is 0 Å². The van der Waals surface area contributed by atoms with Crippen molar-refractivity contribution in [2.45, 2.75) is 62.3 Å². The molecular weight excluding hydrogens is 378 g/mol. The summed E-state index contributed by atoms with van der Waals surface area (Å²) in [7, 11) is 0. The van der Waals surface area contributed by atoms with Gasteiger partial charge in [0.25, 0.3) is 0 Å². The van der Waals surface area contributed by atoms with Gasteiger partial charge in [0.2, 0.25) is 0 Å². The minimum absolute atomic E-state index is 0.250. The van der Waals surface area contributed by atoms with Gasteiger partial charge in [-0.15, -0.1) is 0 Å². The van der Waals surface area contributed by atoms with Gasteiger partial charge in [-0.1, -0.05) is 62.3 Å². The van der Waals surface area contributed by atoms with Crippen molar-refractivity contribution in [1.82, 2.24) is 0 Å². The molecule has 0 spiro atoms. The first-order valence-electron chi connectivity index (χ1n) is 5.74. The number of hydrogen-bond donors (Lipinski definition) is 0. The van der Waals surface area contributed by atoms with E-state index in [1.165, 1.54) is 0 Å². The molecule has 0 radical (unpaired) electrons. The molecule has 0 atom stereocenters. The van der Waals surface area contributed by atoms with Crippen LogP contribution >= 0.6 is 0 Å². The van der Waals surface area contributed by atoms with Crippen molar-refractivity contribution >= 4 is 0 Å².